The Bertz CT molecular complexity index is 3270. The quantitative estimate of drug-likeness (QED) is 0.0745. The number of aryl methyl sites for hydroxylation is 1. The van der Waals surface area contributed by atoms with Crippen LogP contribution in [0.25, 0.3) is 21.3 Å². The number of pyridine rings is 4. The largest absolute Gasteiger partial charge is 2.00 e. The molecule has 14 heteroatoms. The molecule has 13 aromatic rings. The average molecular weight is 1240 g/mol. The first-order chi connectivity index (χ1) is 43.0. The Morgan fingerprint density at radius 2 is 0.382 bits per heavy atom. The molecule has 12 nitrogen and oxygen atoms in total. The Balaban J connectivity index is 0.000000162. The minimum absolute atomic E-state index is 0. The third-order valence-corrected chi connectivity index (χ3v) is 12.1. The molecule has 13 rings (SSSR count). The summed E-state index contributed by atoms with van der Waals surface area (Å²) in [6.07, 6.45) is 0. The van der Waals surface area contributed by atoms with Crippen LogP contribution in [-0.4, -0.2) is 19.9 Å². The Hall–Kier alpha value is -11.0. The van der Waals surface area contributed by atoms with Gasteiger partial charge in [0.1, 0.15) is 0 Å². The molecule has 9 aromatic carbocycles. The number of anilines is 8. The third-order valence-electron chi connectivity index (χ3n) is 12.1. The molecule has 0 radical (unpaired) electrons. The first-order valence-electron chi connectivity index (χ1n) is 28.2. The maximum Gasteiger partial charge on any atom is 2.00 e. The van der Waals surface area contributed by atoms with E-state index in [1.54, 1.807) is 0 Å². The monoisotopic (exact) mass is 1240 g/mol. The standard InChI is InChI=1S/4C17H14N3.C7H8.2Cr/c4*1-3-8-14(9-4-1)18-16-12-7-13-17(20-16)19-15-10-5-2-6-11-15;1-7-5-3-2-4-6-7;;/h4*1-13H,(H-,18,19,20);2-6H,1H3;;/q4*-1;;2*+2. The Morgan fingerprint density at radius 3 is 0.562 bits per heavy atom. The third kappa shape index (κ3) is 24.5. The maximum absolute atomic E-state index is 4.49. The predicted octanol–water partition coefficient (Wildman–Crippen LogP) is 22.6. The van der Waals surface area contributed by atoms with Gasteiger partial charge in [0.25, 0.3) is 0 Å². The number of nitrogens with one attached hydrogen (secondary N) is 4. The molecule has 0 saturated carbocycles. The number of hydrogen-bond acceptors (Lipinski definition) is 8. The molecular weight excluding hydrogens is 1170 g/mol. The topological polar surface area (TPSA) is 156 Å². The minimum Gasteiger partial charge on any atom is -0.436 e. The van der Waals surface area contributed by atoms with E-state index in [1.165, 1.54) is 5.56 Å². The van der Waals surface area contributed by atoms with Gasteiger partial charge in [0.2, 0.25) is 0 Å². The molecule has 0 bridgehead atoms. The zero-order valence-corrected chi connectivity index (χ0v) is 51.4. The zero-order valence-electron chi connectivity index (χ0n) is 48.8. The summed E-state index contributed by atoms with van der Waals surface area (Å²) in [5, 5.41) is 31.0. The summed E-state index contributed by atoms with van der Waals surface area (Å²) in [5.74, 6) is 5.91. The fourth-order valence-electron chi connectivity index (χ4n) is 7.97. The van der Waals surface area contributed by atoms with Gasteiger partial charge in [-0.3, -0.25) is 0 Å². The molecule has 4 heterocycles. The SMILES string of the molecule is Cc1ccccc1.[Cr+2].[Cr+2].c1ccc([N-]c2cccc(Nc3ccccc3)n2)cc1.c1ccc([N-]c2cccc(Nc3ccccc3)n2)cc1.c1ccc([N-]c2cccc(Nc3ccccc3)n2)cc1.c1ccc([N-]c2cccc(Nc3ccccc3)n2)cc1. The molecule has 0 unspecified atom stereocenters. The predicted molar refractivity (Wildman–Crippen MR) is 364 cm³/mol. The molecule has 0 aliphatic heterocycles. The van der Waals surface area contributed by atoms with Crippen molar-refractivity contribution < 1.29 is 34.7 Å². The first kappa shape index (κ1) is 65.6. The fraction of sp³-hybridized carbons (Fsp3) is 0.0133. The molecule has 89 heavy (non-hydrogen) atoms. The number of para-hydroxylation sites is 8. The van der Waals surface area contributed by atoms with Crippen molar-refractivity contribution >= 4 is 92.0 Å². The van der Waals surface area contributed by atoms with Crippen LogP contribution >= 0.6 is 0 Å². The Labute approximate surface area is 544 Å². The summed E-state index contributed by atoms with van der Waals surface area (Å²) in [6.45, 7) is 2.08. The molecule has 0 aliphatic rings. The van der Waals surface area contributed by atoms with Crippen LogP contribution in [0, 0.1) is 6.92 Å². The van der Waals surface area contributed by atoms with E-state index in [2.05, 4.69) is 81.5 Å². The smallest absolute Gasteiger partial charge is 0.436 e. The Morgan fingerprint density at radius 1 is 0.202 bits per heavy atom. The second-order valence-corrected chi connectivity index (χ2v) is 18.9. The second-order valence-electron chi connectivity index (χ2n) is 18.9. The van der Waals surface area contributed by atoms with E-state index in [1.807, 2.05) is 334 Å². The number of nitrogens with zero attached hydrogens (tertiary/aromatic N) is 8. The summed E-state index contributed by atoms with van der Waals surface area (Å²) in [6, 6.07) is 112. The van der Waals surface area contributed by atoms with Crippen LogP contribution in [0.5, 0.6) is 0 Å². The van der Waals surface area contributed by atoms with Gasteiger partial charge in [0, 0.05) is 46.0 Å². The van der Waals surface area contributed by atoms with Crippen molar-refractivity contribution in [3.63, 3.8) is 0 Å². The van der Waals surface area contributed by atoms with Crippen molar-refractivity contribution in [3.8, 4) is 0 Å². The molecule has 4 aromatic heterocycles. The van der Waals surface area contributed by atoms with Crippen LogP contribution in [0.15, 0.2) is 346 Å². The zero-order chi connectivity index (χ0) is 59.6. The number of rotatable bonds is 16. The molecule has 0 amide bonds. The summed E-state index contributed by atoms with van der Waals surface area (Å²) >= 11 is 0. The van der Waals surface area contributed by atoms with Crippen LogP contribution in [0.1, 0.15) is 5.56 Å². The van der Waals surface area contributed by atoms with Gasteiger partial charge in [-0.2, -0.15) is 0 Å². The fourth-order valence-corrected chi connectivity index (χ4v) is 7.97. The van der Waals surface area contributed by atoms with E-state index in [0.717, 1.165) is 68.8 Å². The molecule has 0 aliphatic carbocycles. The van der Waals surface area contributed by atoms with Gasteiger partial charge in [0.05, 0.1) is 0 Å². The second kappa shape index (κ2) is 37.5. The van der Waals surface area contributed by atoms with Crippen molar-refractivity contribution in [2.75, 3.05) is 21.3 Å². The van der Waals surface area contributed by atoms with Crippen molar-refractivity contribution in [2.24, 2.45) is 0 Å². The molecule has 4 N–H and O–H groups in total. The van der Waals surface area contributed by atoms with Crippen LogP contribution in [0.3, 0.4) is 0 Å². The van der Waals surface area contributed by atoms with Crippen molar-refractivity contribution in [2.45, 2.75) is 6.92 Å². The summed E-state index contributed by atoms with van der Waals surface area (Å²) < 4.78 is 0. The molecule has 0 saturated heterocycles. The minimum atomic E-state index is 0. The van der Waals surface area contributed by atoms with Gasteiger partial charge in [-0.15, -0.1) is 0 Å². The average Bonchev–Trinajstić information content (AvgIpc) is 3.77. The number of aromatic nitrogens is 4. The van der Waals surface area contributed by atoms with E-state index < -0.39 is 0 Å². The van der Waals surface area contributed by atoms with Crippen LogP contribution in [0.4, 0.5) is 92.0 Å². The summed E-state index contributed by atoms with van der Waals surface area (Å²) in [4.78, 5) is 17.9. The van der Waals surface area contributed by atoms with Crippen LogP contribution in [-0.2, 0) is 34.7 Å². The molecule has 0 fully saturated rings. The normalized spacial score (nSPS) is 9.67. The van der Waals surface area contributed by atoms with Crippen LogP contribution < -0.4 is 21.3 Å². The number of benzene rings is 9. The molecule has 0 spiro atoms. The summed E-state index contributed by atoms with van der Waals surface area (Å²) in [5.41, 5.74) is 8.97. The number of hydrogen-bond donors (Lipinski definition) is 4. The summed E-state index contributed by atoms with van der Waals surface area (Å²) in [7, 11) is 0. The van der Waals surface area contributed by atoms with Crippen molar-refractivity contribution in [1.82, 2.24) is 19.9 Å². The van der Waals surface area contributed by atoms with Gasteiger partial charge in [-0.05, 0) is 102 Å². The maximum atomic E-state index is 4.49. The Kier molecular flexibility index (Phi) is 27.6. The van der Waals surface area contributed by atoms with E-state index >= 15 is 0 Å². The van der Waals surface area contributed by atoms with Gasteiger partial charge in [-0.1, -0.05) is 302 Å². The molecule has 0 atom stereocenters. The van der Waals surface area contributed by atoms with E-state index in [-0.39, 0.29) is 34.7 Å². The van der Waals surface area contributed by atoms with Gasteiger partial charge in [-0.25, -0.2) is 0 Å². The van der Waals surface area contributed by atoms with E-state index in [0.29, 0.717) is 23.3 Å². The van der Waals surface area contributed by atoms with E-state index in [9.17, 15) is 0 Å². The van der Waals surface area contributed by atoms with Crippen LogP contribution in [0.2, 0.25) is 0 Å². The van der Waals surface area contributed by atoms with Gasteiger partial charge >= 0.3 is 34.7 Å². The van der Waals surface area contributed by atoms with Gasteiger partial charge < -0.3 is 62.5 Å². The van der Waals surface area contributed by atoms with Crippen molar-refractivity contribution in [1.29, 1.82) is 0 Å². The van der Waals surface area contributed by atoms with E-state index in [4.69, 9.17) is 0 Å². The van der Waals surface area contributed by atoms with Crippen molar-refractivity contribution in [3.05, 3.63) is 373 Å². The molecule has 436 valence electrons. The molecular formula is C75H64Cr2N12. The first-order valence-corrected chi connectivity index (χ1v) is 28.2. The van der Waals surface area contributed by atoms with Gasteiger partial charge in [0.15, 0.2) is 0 Å².